The molecule has 0 N–H and O–H groups in total. The Morgan fingerprint density at radius 1 is 0.672 bits per heavy atom. The lowest BCUT2D eigenvalue weighted by atomic mass is 9.84. The van der Waals surface area contributed by atoms with Gasteiger partial charge in [-0.15, -0.1) is 0 Å². The van der Waals surface area contributed by atoms with E-state index in [1.54, 1.807) is 4.90 Å². The predicted octanol–water partition coefficient (Wildman–Crippen LogP) is 8.63. The van der Waals surface area contributed by atoms with Crippen molar-refractivity contribution in [3.63, 3.8) is 0 Å². The number of hydrogen-bond donors (Lipinski definition) is 0. The van der Waals surface area contributed by atoms with E-state index in [1.807, 2.05) is 41.5 Å². The summed E-state index contributed by atoms with van der Waals surface area (Å²) in [6.45, 7) is 17.2. The van der Waals surface area contributed by atoms with E-state index in [1.165, 1.54) is 77.6 Å². The monoisotopic (exact) mass is 855 g/mol. The van der Waals surface area contributed by atoms with Crippen LogP contribution in [-0.2, 0) is 23.8 Å². The molecule has 4 fully saturated rings. The van der Waals surface area contributed by atoms with Crippen molar-refractivity contribution in [1.82, 2.24) is 30.1 Å². The number of nitrogens with zero attached hydrogens (tertiary/aromatic N) is 6. The highest BCUT2D eigenvalue weighted by Gasteiger charge is 2.38. The highest BCUT2D eigenvalue weighted by atomic mass is 16.6. The Labute approximate surface area is 363 Å². The molecule has 0 radical (unpaired) electrons. The molecule has 2 aliphatic carbocycles. The van der Waals surface area contributed by atoms with Crippen molar-refractivity contribution < 1.29 is 42.4 Å². The molecular weight excluding hydrogens is 781 g/mol. The summed E-state index contributed by atoms with van der Waals surface area (Å²) < 4.78 is 27.2. The molecule has 0 bridgehead atoms. The van der Waals surface area contributed by atoms with Crippen LogP contribution in [0.15, 0.2) is 9.05 Å². The van der Waals surface area contributed by atoms with E-state index in [2.05, 4.69) is 25.2 Å². The van der Waals surface area contributed by atoms with Crippen LogP contribution in [0.4, 0.5) is 0 Å². The largest absolute Gasteiger partial charge is 0.460 e. The molecule has 15 heteroatoms. The first-order valence-electron chi connectivity index (χ1n) is 23.3. The Hall–Kier alpha value is -3.72. The zero-order chi connectivity index (χ0) is 44.0. The zero-order valence-electron chi connectivity index (χ0n) is 38.2. The number of aromatic nitrogens is 4. The molecule has 61 heavy (non-hydrogen) atoms. The summed E-state index contributed by atoms with van der Waals surface area (Å²) >= 11 is 0. The molecule has 4 heterocycles. The Balaban J connectivity index is 0.000000242. The minimum Gasteiger partial charge on any atom is -0.460 e. The first-order valence-corrected chi connectivity index (χ1v) is 23.3. The Kier molecular flexibility index (Phi) is 18.3. The second-order valence-electron chi connectivity index (χ2n) is 19.8. The zero-order valence-corrected chi connectivity index (χ0v) is 38.2. The van der Waals surface area contributed by atoms with E-state index < -0.39 is 11.2 Å². The molecule has 2 aromatic heterocycles. The van der Waals surface area contributed by atoms with E-state index in [-0.39, 0.29) is 60.0 Å². The molecule has 2 saturated carbocycles. The average Bonchev–Trinajstić information content (AvgIpc) is 3.89. The number of ketones is 1. The Morgan fingerprint density at radius 3 is 1.54 bits per heavy atom. The number of ether oxygens (including phenoxy) is 3. The van der Waals surface area contributed by atoms with Crippen LogP contribution >= 0.6 is 0 Å². The van der Waals surface area contributed by atoms with Gasteiger partial charge in [0, 0.05) is 51.0 Å². The topological polar surface area (TPSA) is 180 Å². The maximum atomic E-state index is 12.9. The molecule has 0 unspecified atom stereocenters. The number of carbonyl (C=O) groups is 4. The highest BCUT2D eigenvalue weighted by molar-refractivity contribution is 5.91. The maximum absolute atomic E-state index is 12.9. The Morgan fingerprint density at radius 2 is 1.11 bits per heavy atom. The number of hydrogen-bond acceptors (Lipinski definition) is 14. The molecule has 0 spiro atoms. The van der Waals surface area contributed by atoms with Crippen LogP contribution in [-0.4, -0.2) is 110 Å². The molecule has 342 valence electrons. The van der Waals surface area contributed by atoms with Gasteiger partial charge in [-0.2, -0.15) is 9.97 Å². The number of morpholine rings is 1. The molecule has 15 nitrogen and oxygen atoms in total. The number of likely N-dealkylation sites (tertiary alicyclic amines) is 1. The SMILES string of the molecule is CC(=O)c1noc([C@H](CCCC2CCCCC2)CC(=O)OC(C)(C)C)n1.CC(C)(C)OC(=O)C[C@@H](CCCC1CCCCC1)c1nc(C(=O)N2CC(N3CCOCC3)C2)no1. The summed E-state index contributed by atoms with van der Waals surface area (Å²) in [6, 6.07) is 0.369. The van der Waals surface area contributed by atoms with E-state index in [0.717, 1.165) is 70.2 Å². The number of carbonyl (C=O) groups excluding carboxylic acids is 4. The first-order chi connectivity index (χ1) is 29.0. The molecule has 2 aromatic rings. The summed E-state index contributed by atoms with van der Waals surface area (Å²) in [7, 11) is 0. The van der Waals surface area contributed by atoms with Gasteiger partial charge in [-0.3, -0.25) is 24.1 Å². The molecule has 1 amide bonds. The second-order valence-corrected chi connectivity index (χ2v) is 19.8. The maximum Gasteiger partial charge on any atom is 0.307 e. The average molecular weight is 855 g/mol. The van der Waals surface area contributed by atoms with Gasteiger partial charge < -0.3 is 28.2 Å². The van der Waals surface area contributed by atoms with Gasteiger partial charge in [0.15, 0.2) is 0 Å². The van der Waals surface area contributed by atoms with Crippen molar-refractivity contribution in [3.05, 3.63) is 23.4 Å². The van der Waals surface area contributed by atoms with Crippen LogP contribution < -0.4 is 0 Å². The number of rotatable bonds is 17. The normalized spacial score (nSPS) is 19.6. The van der Waals surface area contributed by atoms with Crippen LogP contribution in [0, 0.1) is 11.8 Å². The van der Waals surface area contributed by atoms with Crippen LogP contribution in [0.2, 0.25) is 0 Å². The number of esters is 2. The summed E-state index contributed by atoms with van der Waals surface area (Å²) in [5.41, 5.74) is -1.07. The highest BCUT2D eigenvalue weighted by Crippen LogP contribution is 2.33. The summed E-state index contributed by atoms with van der Waals surface area (Å²) in [6.07, 6.45) is 19.5. The number of Topliss-reactive ketones (excluding diaryl/α,β-unsaturated/α-hetero) is 1. The van der Waals surface area contributed by atoms with Crippen LogP contribution in [0.3, 0.4) is 0 Å². The van der Waals surface area contributed by atoms with Gasteiger partial charge in [-0.1, -0.05) is 100 Å². The minimum absolute atomic E-state index is 0.0708. The van der Waals surface area contributed by atoms with Crippen molar-refractivity contribution in [1.29, 1.82) is 0 Å². The van der Waals surface area contributed by atoms with Crippen LogP contribution in [0.5, 0.6) is 0 Å². The van der Waals surface area contributed by atoms with E-state index in [9.17, 15) is 19.2 Å². The molecule has 2 saturated heterocycles. The fraction of sp³-hybridized carbons (Fsp3) is 0.826. The molecule has 4 aliphatic rings. The molecule has 6 rings (SSSR count). The van der Waals surface area contributed by atoms with Crippen molar-refractivity contribution in [2.75, 3.05) is 39.4 Å². The van der Waals surface area contributed by atoms with E-state index in [4.69, 9.17) is 23.3 Å². The van der Waals surface area contributed by atoms with E-state index >= 15 is 0 Å². The van der Waals surface area contributed by atoms with Gasteiger partial charge in [0.25, 0.3) is 11.7 Å². The lowest BCUT2D eigenvalue weighted by Gasteiger charge is -2.46. The standard InChI is InChI=1S/C26H42N4O5.C20H32N2O4/c1-26(2,3)34-22(31)16-20(11-7-10-19-8-5-4-6-9-19)24-27-23(28-35-24)25(32)30-17-21(18-30)29-12-14-33-15-13-29;1-14(23)18-21-19(26-22-18)16(13-17(24)25-20(2,3)4)12-8-11-15-9-6-5-7-10-15/h19-21H,4-18H2,1-3H3;15-16H,5-13H2,1-4H3/t20-;16-/m11/s1. The fourth-order valence-corrected chi connectivity index (χ4v) is 9.02. The third-order valence-electron chi connectivity index (χ3n) is 12.2. The van der Waals surface area contributed by atoms with Crippen molar-refractivity contribution >= 4 is 23.6 Å². The van der Waals surface area contributed by atoms with Gasteiger partial charge in [0.05, 0.1) is 26.1 Å². The second kappa shape index (κ2) is 23.1. The Bertz CT molecular complexity index is 1670. The van der Waals surface area contributed by atoms with E-state index in [0.29, 0.717) is 30.9 Å². The van der Waals surface area contributed by atoms with Crippen molar-refractivity contribution in [3.8, 4) is 0 Å². The molecule has 0 aromatic carbocycles. The van der Waals surface area contributed by atoms with Gasteiger partial charge in [-0.25, -0.2) is 0 Å². The lowest BCUT2D eigenvalue weighted by Crippen LogP contribution is -2.62. The first kappa shape index (κ1) is 48.3. The van der Waals surface area contributed by atoms with Crippen molar-refractivity contribution in [2.45, 2.75) is 193 Å². The molecular formula is C46H74N6O9. The van der Waals surface area contributed by atoms with Gasteiger partial charge in [0.2, 0.25) is 23.4 Å². The third-order valence-corrected chi connectivity index (χ3v) is 12.2. The lowest BCUT2D eigenvalue weighted by molar-refractivity contribution is -0.156. The van der Waals surface area contributed by atoms with Gasteiger partial charge in [-0.05, 0) is 66.2 Å². The van der Waals surface area contributed by atoms with Gasteiger partial charge in [0.1, 0.15) is 11.2 Å². The summed E-state index contributed by atoms with van der Waals surface area (Å²) in [5.74, 6) is 1.03. The summed E-state index contributed by atoms with van der Waals surface area (Å²) in [5, 5.41) is 7.72. The smallest absolute Gasteiger partial charge is 0.307 e. The van der Waals surface area contributed by atoms with Crippen LogP contribution in [0.1, 0.15) is 209 Å². The summed E-state index contributed by atoms with van der Waals surface area (Å²) in [4.78, 5) is 62.0. The molecule has 2 aliphatic heterocycles. The predicted molar refractivity (Wildman–Crippen MR) is 228 cm³/mol. The number of amides is 1. The van der Waals surface area contributed by atoms with Crippen LogP contribution in [0.25, 0.3) is 0 Å². The minimum atomic E-state index is -0.547. The quantitative estimate of drug-likeness (QED) is 0.109. The fourth-order valence-electron chi connectivity index (χ4n) is 9.02. The third kappa shape index (κ3) is 16.5. The molecule has 2 atom stereocenters. The van der Waals surface area contributed by atoms with Gasteiger partial charge >= 0.3 is 11.9 Å². The van der Waals surface area contributed by atoms with Crippen molar-refractivity contribution in [2.24, 2.45) is 11.8 Å².